The van der Waals surface area contributed by atoms with Gasteiger partial charge in [0.05, 0.1) is 26.4 Å². The van der Waals surface area contributed by atoms with Gasteiger partial charge in [0, 0.05) is 37.2 Å². The van der Waals surface area contributed by atoms with Gasteiger partial charge in [-0.25, -0.2) is 0 Å². The first-order chi connectivity index (χ1) is 11.3. The summed E-state index contributed by atoms with van der Waals surface area (Å²) >= 11 is 2.08. The minimum absolute atomic E-state index is 0. The monoisotopic (exact) mass is 473 g/mol. The smallest absolute Gasteiger partial charge is 0.194 e. The zero-order chi connectivity index (χ0) is 16.8. The minimum atomic E-state index is 0. The fourth-order valence-corrected chi connectivity index (χ4v) is 3.55. The third-order valence-electron chi connectivity index (χ3n) is 3.74. The maximum Gasteiger partial charge on any atom is 0.194 e. The third kappa shape index (κ3) is 11.0. The van der Waals surface area contributed by atoms with Crippen molar-refractivity contribution in [3.63, 3.8) is 0 Å². The van der Waals surface area contributed by atoms with Crippen molar-refractivity contribution in [1.29, 1.82) is 0 Å². The highest BCUT2D eigenvalue weighted by Crippen LogP contribution is 2.20. The molecule has 1 aliphatic heterocycles. The number of rotatable bonds is 11. The van der Waals surface area contributed by atoms with Crippen LogP contribution in [-0.4, -0.2) is 74.5 Å². The lowest BCUT2D eigenvalue weighted by Gasteiger charge is -2.34. The highest BCUT2D eigenvalue weighted by molar-refractivity contribution is 14.0. The fourth-order valence-electron chi connectivity index (χ4n) is 2.37. The van der Waals surface area contributed by atoms with Gasteiger partial charge in [-0.3, -0.25) is 4.99 Å². The molecule has 5 nitrogen and oxygen atoms in total. The second-order valence-electron chi connectivity index (χ2n) is 5.66. The van der Waals surface area contributed by atoms with E-state index in [1.54, 1.807) is 0 Å². The van der Waals surface area contributed by atoms with E-state index >= 15 is 0 Å². The van der Waals surface area contributed by atoms with Crippen LogP contribution in [0.4, 0.5) is 0 Å². The Hall–Kier alpha value is 0.270. The van der Waals surface area contributed by atoms with Crippen LogP contribution in [0.25, 0.3) is 0 Å². The van der Waals surface area contributed by atoms with Crippen LogP contribution in [0.2, 0.25) is 0 Å². The van der Waals surface area contributed by atoms with Gasteiger partial charge in [-0.2, -0.15) is 11.8 Å². The van der Waals surface area contributed by atoms with Crippen LogP contribution >= 0.6 is 35.7 Å². The SMILES string of the molecule is CCCCOCCOCCN=C(NCC)N1CCSC(CC)C1.I. The average Bonchev–Trinajstić information content (AvgIpc) is 2.59. The van der Waals surface area contributed by atoms with E-state index < -0.39 is 0 Å². The van der Waals surface area contributed by atoms with E-state index in [0.29, 0.717) is 26.4 Å². The first-order valence-electron chi connectivity index (χ1n) is 9.12. The maximum absolute atomic E-state index is 5.59. The van der Waals surface area contributed by atoms with Crippen molar-refractivity contribution in [3.8, 4) is 0 Å². The van der Waals surface area contributed by atoms with E-state index in [4.69, 9.17) is 14.5 Å². The van der Waals surface area contributed by atoms with Crippen molar-refractivity contribution in [3.05, 3.63) is 0 Å². The molecule has 1 unspecified atom stereocenters. The number of nitrogens with one attached hydrogen (secondary N) is 1. The number of unbranched alkanes of at least 4 members (excludes halogenated alkanes) is 1. The van der Waals surface area contributed by atoms with Crippen LogP contribution in [-0.2, 0) is 9.47 Å². The summed E-state index contributed by atoms with van der Waals surface area (Å²) in [6.45, 7) is 13.2. The number of hydrogen-bond donors (Lipinski definition) is 1. The molecule has 1 rings (SSSR count). The van der Waals surface area contributed by atoms with E-state index in [1.165, 1.54) is 18.6 Å². The number of nitrogens with zero attached hydrogens (tertiary/aromatic N) is 2. The first-order valence-corrected chi connectivity index (χ1v) is 10.2. The van der Waals surface area contributed by atoms with Gasteiger partial charge in [0.2, 0.25) is 0 Å². The van der Waals surface area contributed by atoms with Gasteiger partial charge in [-0.05, 0) is 19.8 Å². The molecule has 0 aromatic rings. The van der Waals surface area contributed by atoms with E-state index in [1.807, 2.05) is 0 Å². The summed E-state index contributed by atoms with van der Waals surface area (Å²) in [6.07, 6.45) is 3.53. The Morgan fingerprint density at radius 1 is 1.17 bits per heavy atom. The molecule has 24 heavy (non-hydrogen) atoms. The van der Waals surface area contributed by atoms with Gasteiger partial charge >= 0.3 is 0 Å². The lowest BCUT2D eigenvalue weighted by Crippen LogP contribution is -2.48. The zero-order valence-electron chi connectivity index (χ0n) is 15.6. The summed E-state index contributed by atoms with van der Waals surface area (Å²) in [5.41, 5.74) is 0. The largest absolute Gasteiger partial charge is 0.379 e. The summed E-state index contributed by atoms with van der Waals surface area (Å²) in [6, 6.07) is 0. The van der Waals surface area contributed by atoms with Crippen LogP contribution in [0, 0.1) is 0 Å². The molecule has 1 N–H and O–H groups in total. The molecule has 1 saturated heterocycles. The Kier molecular flexibility index (Phi) is 16.9. The molecule has 144 valence electrons. The van der Waals surface area contributed by atoms with Crippen molar-refractivity contribution in [2.45, 2.75) is 45.3 Å². The highest BCUT2D eigenvalue weighted by Gasteiger charge is 2.21. The zero-order valence-corrected chi connectivity index (χ0v) is 18.7. The maximum atomic E-state index is 5.59. The highest BCUT2D eigenvalue weighted by atomic mass is 127. The summed E-state index contributed by atoms with van der Waals surface area (Å²) in [5, 5.41) is 4.13. The summed E-state index contributed by atoms with van der Waals surface area (Å²) in [5.74, 6) is 2.23. The van der Waals surface area contributed by atoms with Crippen LogP contribution in [0.1, 0.15) is 40.0 Å². The molecule has 0 aromatic heterocycles. The molecule has 0 amide bonds. The van der Waals surface area contributed by atoms with Crippen LogP contribution in [0.15, 0.2) is 4.99 Å². The number of ether oxygens (including phenoxy) is 2. The molecule has 7 heteroatoms. The van der Waals surface area contributed by atoms with E-state index in [2.05, 4.69) is 42.7 Å². The number of thioether (sulfide) groups is 1. The number of halogens is 1. The number of aliphatic imine (C=N–C) groups is 1. The molecule has 1 atom stereocenters. The van der Waals surface area contributed by atoms with Gasteiger partial charge < -0.3 is 19.7 Å². The Morgan fingerprint density at radius 2 is 1.92 bits per heavy atom. The quantitative estimate of drug-likeness (QED) is 0.216. The lowest BCUT2D eigenvalue weighted by molar-refractivity contribution is 0.0497. The van der Waals surface area contributed by atoms with Gasteiger partial charge in [0.15, 0.2) is 5.96 Å². The van der Waals surface area contributed by atoms with Crippen LogP contribution < -0.4 is 5.32 Å². The molecular weight excluding hydrogens is 437 g/mol. The molecule has 0 aliphatic carbocycles. The van der Waals surface area contributed by atoms with E-state index in [9.17, 15) is 0 Å². The standard InChI is InChI=1S/C17H35N3O2S.HI/c1-4-7-10-21-12-13-22-11-8-19-17(18-6-3)20-9-14-23-16(5-2)15-20;/h16H,4-15H2,1-3H3,(H,18,19);1H. The van der Waals surface area contributed by atoms with Gasteiger partial charge in [0.1, 0.15) is 0 Å². The predicted octanol–water partition coefficient (Wildman–Crippen LogP) is 3.23. The van der Waals surface area contributed by atoms with E-state index in [0.717, 1.165) is 43.9 Å². The molecule has 1 aliphatic rings. The average molecular weight is 473 g/mol. The second-order valence-corrected chi connectivity index (χ2v) is 7.07. The van der Waals surface area contributed by atoms with Crippen molar-refractivity contribution in [2.24, 2.45) is 4.99 Å². The second kappa shape index (κ2) is 16.7. The van der Waals surface area contributed by atoms with Gasteiger partial charge in [0.25, 0.3) is 0 Å². The summed E-state index contributed by atoms with van der Waals surface area (Å²) in [4.78, 5) is 7.10. The molecule has 0 spiro atoms. The molecule has 0 radical (unpaired) electrons. The van der Waals surface area contributed by atoms with Crippen LogP contribution in [0.3, 0.4) is 0 Å². The molecule has 1 fully saturated rings. The van der Waals surface area contributed by atoms with Crippen molar-refractivity contribution in [2.75, 3.05) is 58.4 Å². The molecule has 1 heterocycles. The Bertz CT molecular complexity index is 322. The Morgan fingerprint density at radius 3 is 2.58 bits per heavy atom. The van der Waals surface area contributed by atoms with Crippen LogP contribution in [0.5, 0.6) is 0 Å². The van der Waals surface area contributed by atoms with E-state index in [-0.39, 0.29) is 24.0 Å². The normalized spacial score (nSPS) is 18.4. The predicted molar refractivity (Wildman–Crippen MR) is 116 cm³/mol. The minimum Gasteiger partial charge on any atom is -0.379 e. The Balaban J connectivity index is 0.00000529. The van der Waals surface area contributed by atoms with Crippen molar-refractivity contribution < 1.29 is 9.47 Å². The molecule has 0 aromatic carbocycles. The molecular formula is C17H36IN3O2S. The van der Waals surface area contributed by atoms with Crippen molar-refractivity contribution in [1.82, 2.24) is 10.2 Å². The third-order valence-corrected chi connectivity index (χ3v) is 5.11. The van der Waals surface area contributed by atoms with Gasteiger partial charge in [-0.15, -0.1) is 24.0 Å². The van der Waals surface area contributed by atoms with Gasteiger partial charge in [-0.1, -0.05) is 20.3 Å². The lowest BCUT2D eigenvalue weighted by atomic mass is 10.3. The Labute approximate surface area is 169 Å². The number of hydrogen-bond acceptors (Lipinski definition) is 4. The summed E-state index contributed by atoms with van der Waals surface area (Å²) in [7, 11) is 0. The fraction of sp³-hybridized carbons (Fsp3) is 0.941. The number of guanidine groups is 1. The van der Waals surface area contributed by atoms with Crippen molar-refractivity contribution >= 4 is 41.7 Å². The molecule has 0 bridgehead atoms. The summed E-state index contributed by atoms with van der Waals surface area (Å²) < 4.78 is 11.1. The molecule has 0 saturated carbocycles. The topological polar surface area (TPSA) is 46.1 Å². The first kappa shape index (κ1) is 24.3.